The lowest BCUT2D eigenvalue weighted by Crippen LogP contribution is -2.02. The molecule has 0 heterocycles. The van der Waals surface area contributed by atoms with E-state index in [4.69, 9.17) is 9.84 Å². The first-order chi connectivity index (χ1) is 7.15. The Hall–Kier alpha value is -1.55. The molecule has 1 aromatic rings. The average Bonchev–Trinajstić information content (AvgIpc) is 2.19. The third-order valence-electron chi connectivity index (χ3n) is 2.01. The van der Waals surface area contributed by atoms with Crippen LogP contribution in [0, 0.1) is 0 Å². The first kappa shape index (κ1) is 11.5. The van der Waals surface area contributed by atoms with E-state index in [1.807, 2.05) is 6.92 Å². The van der Waals surface area contributed by atoms with Crippen LogP contribution in [0.2, 0.25) is 0 Å². The molecular weight excluding hydrogens is 196 g/mol. The average molecular weight is 210 g/mol. The minimum atomic E-state index is -0.959. The summed E-state index contributed by atoms with van der Waals surface area (Å²) >= 11 is 0. The Morgan fingerprint density at radius 1 is 1.40 bits per heavy atom. The maximum atomic E-state index is 10.5. The van der Waals surface area contributed by atoms with Gasteiger partial charge in [-0.25, -0.2) is 0 Å². The molecule has 0 radical (unpaired) electrons. The Labute approximate surface area is 88.1 Å². The SMILES string of the molecule is CCOCc1cccc(CC(=O)O)c1O. The zero-order chi connectivity index (χ0) is 11.3. The van der Waals surface area contributed by atoms with Crippen molar-refractivity contribution >= 4 is 5.97 Å². The van der Waals surface area contributed by atoms with E-state index < -0.39 is 5.97 Å². The number of carbonyl (C=O) groups is 1. The standard InChI is InChI=1S/C11H14O4/c1-2-15-7-9-5-3-4-8(11(9)14)6-10(12)13/h3-5,14H,2,6-7H2,1H3,(H,12,13). The number of para-hydroxylation sites is 1. The van der Waals surface area contributed by atoms with Crippen LogP contribution in [-0.2, 0) is 22.6 Å². The summed E-state index contributed by atoms with van der Waals surface area (Å²) < 4.78 is 5.15. The number of rotatable bonds is 5. The topological polar surface area (TPSA) is 66.8 Å². The third kappa shape index (κ3) is 3.25. The van der Waals surface area contributed by atoms with Gasteiger partial charge in [0.25, 0.3) is 0 Å². The second-order valence-corrected chi connectivity index (χ2v) is 3.13. The van der Waals surface area contributed by atoms with Crippen molar-refractivity contribution in [2.75, 3.05) is 6.61 Å². The molecule has 0 spiro atoms. The molecule has 2 N–H and O–H groups in total. The molecule has 82 valence electrons. The molecule has 0 aliphatic rings. The fourth-order valence-corrected chi connectivity index (χ4v) is 1.28. The number of carboxylic acids is 1. The largest absolute Gasteiger partial charge is 0.507 e. The Morgan fingerprint density at radius 2 is 2.07 bits per heavy atom. The molecule has 4 nitrogen and oxygen atoms in total. The van der Waals surface area contributed by atoms with Gasteiger partial charge in [0.05, 0.1) is 13.0 Å². The zero-order valence-corrected chi connectivity index (χ0v) is 8.56. The highest BCUT2D eigenvalue weighted by atomic mass is 16.5. The van der Waals surface area contributed by atoms with Crippen LogP contribution in [0.1, 0.15) is 18.1 Å². The van der Waals surface area contributed by atoms with E-state index in [9.17, 15) is 9.90 Å². The summed E-state index contributed by atoms with van der Waals surface area (Å²) in [4.78, 5) is 10.5. The van der Waals surface area contributed by atoms with Crippen LogP contribution in [0.5, 0.6) is 5.75 Å². The van der Waals surface area contributed by atoms with E-state index in [1.54, 1.807) is 18.2 Å². The lowest BCUT2D eigenvalue weighted by Gasteiger charge is -2.08. The van der Waals surface area contributed by atoms with Gasteiger partial charge in [-0.2, -0.15) is 0 Å². The molecule has 0 atom stereocenters. The molecule has 0 amide bonds. The second-order valence-electron chi connectivity index (χ2n) is 3.13. The minimum absolute atomic E-state index is 0.0216. The number of aliphatic carboxylic acids is 1. The van der Waals surface area contributed by atoms with Gasteiger partial charge < -0.3 is 14.9 Å². The number of hydrogen-bond acceptors (Lipinski definition) is 3. The van der Waals surface area contributed by atoms with Gasteiger partial charge in [-0.15, -0.1) is 0 Å². The molecule has 0 fully saturated rings. The van der Waals surface area contributed by atoms with Gasteiger partial charge in [-0.3, -0.25) is 4.79 Å². The fraction of sp³-hybridized carbons (Fsp3) is 0.364. The van der Waals surface area contributed by atoms with E-state index in [1.165, 1.54) is 0 Å². The zero-order valence-electron chi connectivity index (χ0n) is 8.56. The van der Waals surface area contributed by atoms with E-state index in [-0.39, 0.29) is 12.2 Å². The Balaban J connectivity index is 2.85. The summed E-state index contributed by atoms with van der Waals surface area (Å²) in [5.74, 6) is -0.938. The number of phenols is 1. The maximum absolute atomic E-state index is 10.5. The van der Waals surface area contributed by atoms with Gasteiger partial charge in [0.15, 0.2) is 0 Å². The van der Waals surface area contributed by atoms with Crippen LogP contribution in [0.3, 0.4) is 0 Å². The fourth-order valence-electron chi connectivity index (χ4n) is 1.28. The van der Waals surface area contributed by atoms with Crippen molar-refractivity contribution in [3.05, 3.63) is 29.3 Å². The first-order valence-electron chi connectivity index (χ1n) is 4.74. The third-order valence-corrected chi connectivity index (χ3v) is 2.01. The first-order valence-corrected chi connectivity index (χ1v) is 4.74. The number of aromatic hydroxyl groups is 1. The molecule has 0 saturated heterocycles. The molecule has 0 aromatic heterocycles. The van der Waals surface area contributed by atoms with Crippen LogP contribution in [0.25, 0.3) is 0 Å². The Morgan fingerprint density at radius 3 is 2.67 bits per heavy atom. The smallest absolute Gasteiger partial charge is 0.307 e. The van der Waals surface area contributed by atoms with Crippen molar-refractivity contribution in [3.63, 3.8) is 0 Å². The molecule has 4 heteroatoms. The predicted octanol–water partition coefficient (Wildman–Crippen LogP) is 1.56. The molecule has 15 heavy (non-hydrogen) atoms. The Kier molecular flexibility index (Phi) is 4.12. The van der Waals surface area contributed by atoms with Crippen molar-refractivity contribution in [2.45, 2.75) is 20.0 Å². The van der Waals surface area contributed by atoms with E-state index in [0.29, 0.717) is 24.3 Å². The molecule has 0 aliphatic heterocycles. The lowest BCUT2D eigenvalue weighted by atomic mass is 10.1. The molecule has 0 aliphatic carbocycles. The van der Waals surface area contributed by atoms with Crippen molar-refractivity contribution < 1.29 is 19.7 Å². The van der Waals surface area contributed by atoms with Crippen LogP contribution in [0.4, 0.5) is 0 Å². The highest BCUT2D eigenvalue weighted by molar-refractivity contribution is 5.71. The van der Waals surface area contributed by atoms with E-state index >= 15 is 0 Å². The van der Waals surface area contributed by atoms with Crippen molar-refractivity contribution in [3.8, 4) is 5.75 Å². The molecule has 1 rings (SSSR count). The van der Waals surface area contributed by atoms with Crippen molar-refractivity contribution in [2.24, 2.45) is 0 Å². The summed E-state index contributed by atoms with van der Waals surface area (Å²) in [5, 5.41) is 18.3. The van der Waals surface area contributed by atoms with Crippen LogP contribution in [-0.4, -0.2) is 22.8 Å². The number of phenolic OH excluding ortho intramolecular Hbond substituents is 1. The molecule has 0 saturated carbocycles. The summed E-state index contributed by atoms with van der Waals surface area (Å²) in [6, 6.07) is 5.03. The van der Waals surface area contributed by atoms with Crippen LogP contribution >= 0.6 is 0 Å². The summed E-state index contributed by atoms with van der Waals surface area (Å²) in [7, 11) is 0. The molecule has 0 unspecified atom stereocenters. The molecular formula is C11H14O4. The Bertz CT molecular complexity index is 346. The van der Waals surface area contributed by atoms with Crippen molar-refractivity contribution in [1.82, 2.24) is 0 Å². The quantitative estimate of drug-likeness (QED) is 0.773. The monoisotopic (exact) mass is 210 g/mol. The molecule has 1 aromatic carbocycles. The van der Waals surface area contributed by atoms with Crippen LogP contribution in [0.15, 0.2) is 18.2 Å². The molecule has 0 bridgehead atoms. The number of hydrogen-bond donors (Lipinski definition) is 2. The minimum Gasteiger partial charge on any atom is -0.507 e. The highest BCUT2D eigenvalue weighted by Gasteiger charge is 2.09. The van der Waals surface area contributed by atoms with Crippen molar-refractivity contribution in [1.29, 1.82) is 0 Å². The van der Waals surface area contributed by atoms with Gasteiger partial charge in [-0.1, -0.05) is 18.2 Å². The summed E-state index contributed by atoms with van der Waals surface area (Å²) in [6.45, 7) is 2.72. The van der Waals surface area contributed by atoms with Crippen LogP contribution < -0.4 is 0 Å². The van der Waals surface area contributed by atoms with E-state index in [2.05, 4.69) is 0 Å². The number of benzene rings is 1. The maximum Gasteiger partial charge on any atom is 0.307 e. The van der Waals surface area contributed by atoms with Gasteiger partial charge in [-0.05, 0) is 6.92 Å². The van der Waals surface area contributed by atoms with Gasteiger partial charge in [0, 0.05) is 17.7 Å². The highest BCUT2D eigenvalue weighted by Crippen LogP contribution is 2.23. The number of ether oxygens (including phenoxy) is 1. The lowest BCUT2D eigenvalue weighted by molar-refractivity contribution is -0.136. The summed E-state index contributed by atoms with van der Waals surface area (Å²) in [5.41, 5.74) is 1.04. The van der Waals surface area contributed by atoms with E-state index in [0.717, 1.165) is 0 Å². The van der Waals surface area contributed by atoms with Gasteiger partial charge >= 0.3 is 5.97 Å². The van der Waals surface area contributed by atoms with Gasteiger partial charge in [0.1, 0.15) is 5.75 Å². The predicted molar refractivity (Wildman–Crippen MR) is 54.8 cm³/mol. The van der Waals surface area contributed by atoms with Gasteiger partial charge in [0.2, 0.25) is 0 Å². The normalized spacial score (nSPS) is 10.2. The second kappa shape index (κ2) is 5.36. The summed E-state index contributed by atoms with van der Waals surface area (Å²) in [6.07, 6.45) is -0.175. The number of carboxylic acid groups (broad SMARTS) is 1.